The number of nitrogens with one attached hydrogen (secondary N) is 2. The molecule has 0 saturated carbocycles. The van der Waals surface area contributed by atoms with E-state index in [0.29, 0.717) is 25.4 Å². The number of likely N-dealkylation sites (tertiary alicyclic amines) is 1. The number of hydrogen-bond donors (Lipinski definition) is 2. The number of thiazole rings is 1. The van der Waals surface area contributed by atoms with Crippen LogP contribution in [0, 0.1) is 5.92 Å². The average Bonchev–Trinajstić information content (AvgIpc) is 3.75. The molecule has 0 radical (unpaired) electrons. The molecule has 6 rings (SSSR count). The van der Waals surface area contributed by atoms with Crippen molar-refractivity contribution in [2.45, 2.75) is 50.7 Å². The monoisotopic (exact) mass is 548 g/mol. The van der Waals surface area contributed by atoms with Gasteiger partial charge in [-0.2, -0.15) is 4.52 Å². The maximum atomic E-state index is 14.0. The van der Waals surface area contributed by atoms with Crippen LogP contribution >= 0.6 is 11.3 Å². The van der Waals surface area contributed by atoms with E-state index in [-0.39, 0.29) is 29.8 Å². The molecular weight excluding hydrogens is 516 g/mol. The van der Waals surface area contributed by atoms with E-state index in [0.717, 1.165) is 52.9 Å². The molecule has 2 fully saturated rings. The van der Waals surface area contributed by atoms with Gasteiger partial charge in [-0.25, -0.2) is 4.98 Å². The molecule has 39 heavy (non-hydrogen) atoms. The third kappa shape index (κ3) is 4.88. The van der Waals surface area contributed by atoms with E-state index in [9.17, 15) is 9.59 Å². The summed E-state index contributed by atoms with van der Waals surface area (Å²) in [7, 11) is 1.74. The first kappa shape index (κ1) is 25.8. The molecule has 204 valence electrons. The van der Waals surface area contributed by atoms with Gasteiger partial charge in [0.2, 0.25) is 11.8 Å². The van der Waals surface area contributed by atoms with Crippen LogP contribution < -0.4 is 10.6 Å². The van der Waals surface area contributed by atoms with Crippen molar-refractivity contribution in [2.75, 3.05) is 26.8 Å². The summed E-state index contributed by atoms with van der Waals surface area (Å²) in [6.45, 7) is 3.65. The van der Waals surface area contributed by atoms with E-state index >= 15 is 0 Å². The van der Waals surface area contributed by atoms with Gasteiger partial charge in [0.05, 0.1) is 23.3 Å². The molecule has 0 spiro atoms. The number of ether oxygens (including phenoxy) is 1. The predicted molar refractivity (Wildman–Crippen MR) is 147 cm³/mol. The van der Waals surface area contributed by atoms with Gasteiger partial charge in [0.15, 0.2) is 5.65 Å². The molecule has 11 nitrogen and oxygen atoms in total. The zero-order valence-electron chi connectivity index (χ0n) is 22.0. The summed E-state index contributed by atoms with van der Waals surface area (Å²) < 4.78 is 7.27. The van der Waals surface area contributed by atoms with Crippen LogP contribution in [0.3, 0.4) is 0 Å². The molecule has 4 aromatic rings. The highest BCUT2D eigenvalue weighted by Crippen LogP contribution is 2.38. The first-order valence-corrected chi connectivity index (χ1v) is 14.3. The fourth-order valence-corrected chi connectivity index (χ4v) is 6.60. The molecule has 2 N–H and O–H groups in total. The molecule has 2 aliphatic rings. The number of rotatable bonds is 7. The second kappa shape index (κ2) is 10.9. The molecule has 2 saturated heterocycles. The normalized spacial score (nSPS) is 19.9. The predicted octanol–water partition coefficient (Wildman–Crippen LogP) is 2.58. The summed E-state index contributed by atoms with van der Waals surface area (Å²) in [5.41, 5.74) is 3.36. The van der Waals surface area contributed by atoms with Gasteiger partial charge in [-0.1, -0.05) is 18.2 Å². The van der Waals surface area contributed by atoms with E-state index in [1.165, 1.54) is 0 Å². The first-order chi connectivity index (χ1) is 19.0. The zero-order chi connectivity index (χ0) is 26.9. The Bertz CT molecular complexity index is 1500. The van der Waals surface area contributed by atoms with Crippen LogP contribution in [-0.4, -0.2) is 80.6 Å². The number of para-hydroxylation sites is 1. The number of carbonyl (C=O) groups excluding carboxylic acids is 2. The number of benzene rings is 1. The molecule has 2 amide bonds. The van der Waals surface area contributed by atoms with Gasteiger partial charge in [-0.3, -0.25) is 9.59 Å². The van der Waals surface area contributed by atoms with Crippen LogP contribution in [0.15, 0.2) is 35.7 Å². The van der Waals surface area contributed by atoms with Gasteiger partial charge >= 0.3 is 0 Å². The number of hydrogen-bond acceptors (Lipinski definition) is 9. The number of carbonyl (C=O) groups is 2. The number of fused-ring (bicyclic) bond motifs is 3. The maximum Gasteiger partial charge on any atom is 0.246 e. The van der Waals surface area contributed by atoms with Gasteiger partial charge < -0.3 is 20.3 Å². The lowest BCUT2D eigenvalue weighted by atomic mass is 9.90. The SMILES string of the molecule is CN[C@@H](C)C(=O)N[C@H](C(=O)N1CCC[C@H]1c1nc(-c2cc3nnnn3c3ccccc23)cs1)C1CCOCC1. The molecule has 3 atom stereocenters. The van der Waals surface area contributed by atoms with Gasteiger partial charge in [-0.15, -0.1) is 16.4 Å². The van der Waals surface area contributed by atoms with Gasteiger partial charge in [0, 0.05) is 36.1 Å². The Morgan fingerprint density at radius 1 is 1.18 bits per heavy atom. The highest BCUT2D eigenvalue weighted by atomic mass is 32.1. The van der Waals surface area contributed by atoms with Crippen LogP contribution in [-0.2, 0) is 14.3 Å². The summed E-state index contributed by atoms with van der Waals surface area (Å²) in [5.74, 6) is -0.152. The lowest BCUT2D eigenvalue weighted by Crippen LogP contribution is -2.56. The maximum absolute atomic E-state index is 14.0. The summed E-state index contributed by atoms with van der Waals surface area (Å²) in [6, 6.07) is 8.86. The van der Waals surface area contributed by atoms with E-state index < -0.39 is 6.04 Å². The van der Waals surface area contributed by atoms with Gasteiger partial charge in [-0.05, 0) is 68.1 Å². The Kier molecular flexibility index (Phi) is 7.24. The molecule has 5 heterocycles. The number of tetrazole rings is 1. The number of amides is 2. The number of pyridine rings is 1. The largest absolute Gasteiger partial charge is 0.381 e. The summed E-state index contributed by atoms with van der Waals surface area (Å²) in [5, 5.41) is 22.1. The lowest BCUT2D eigenvalue weighted by Gasteiger charge is -2.35. The van der Waals surface area contributed by atoms with Crippen molar-refractivity contribution < 1.29 is 14.3 Å². The first-order valence-electron chi connectivity index (χ1n) is 13.5. The lowest BCUT2D eigenvalue weighted by molar-refractivity contribution is -0.140. The Hall–Kier alpha value is -3.48. The Labute approximate surface area is 229 Å². The highest BCUT2D eigenvalue weighted by Gasteiger charge is 2.40. The molecule has 2 aliphatic heterocycles. The van der Waals surface area contributed by atoms with Crippen molar-refractivity contribution in [3.8, 4) is 11.3 Å². The molecule has 12 heteroatoms. The van der Waals surface area contributed by atoms with Gasteiger partial charge in [0.25, 0.3) is 0 Å². The number of aromatic nitrogens is 5. The van der Waals surface area contributed by atoms with Crippen LogP contribution in [0.2, 0.25) is 0 Å². The number of nitrogens with zero attached hydrogens (tertiary/aromatic N) is 6. The van der Waals surface area contributed by atoms with Crippen LogP contribution in [0.4, 0.5) is 0 Å². The zero-order valence-corrected chi connectivity index (χ0v) is 22.9. The van der Waals surface area contributed by atoms with Gasteiger partial charge in [0.1, 0.15) is 11.0 Å². The molecule has 3 aromatic heterocycles. The second-order valence-electron chi connectivity index (χ2n) is 10.2. The fourth-order valence-electron chi connectivity index (χ4n) is 5.63. The van der Waals surface area contributed by atoms with Crippen LogP contribution in [0.1, 0.15) is 43.7 Å². The highest BCUT2D eigenvalue weighted by molar-refractivity contribution is 7.10. The molecule has 0 unspecified atom stereocenters. The number of likely N-dealkylation sites (N-methyl/N-ethyl adjacent to an activating group) is 1. The summed E-state index contributed by atoms with van der Waals surface area (Å²) >= 11 is 1.57. The standard InChI is InChI=1S/C27H32N8O3S/c1-16(28-2)25(36)30-24(17-9-12-38-13-10-17)27(37)34-11-5-8-22(34)26-29-20(15-39-26)19-14-23-31-32-33-35(23)21-7-4-3-6-18(19)21/h3-4,6-7,14-17,22,24,28H,5,8-13H2,1-2H3,(H,30,36)/t16-,22-,24-/m0/s1. The van der Waals surface area contributed by atoms with Crippen molar-refractivity contribution in [1.29, 1.82) is 0 Å². The molecular formula is C27H32N8O3S. The van der Waals surface area contributed by atoms with E-state index in [1.54, 1.807) is 29.8 Å². The summed E-state index contributed by atoms with van der Waals surface area (Å²) in [4.78, 5) is 33.9. The summed E-state index contributed by atoms with van der Waals surface area (Å²) in [6.07, 6.45) is 3.23. The molecule has 0 bridgehead atoms. The average molecular weight is 549 g/mol. The second-order valence-corrected chi connectivity index (χ2v) is 11.1. The van der Waals surface area contributed by atoms with Crippen LogP contribution in [0.25, 0.3) is 27.8 Å². The van der Waals surface area contributed by atoms with Crippen LogP contribution in [0.5, 0.6) is 0 Å². The fraction of sp³-hybridized carbons (Fsp3) is 0.481. The third-order valence-corrected chi connectivity index (χ3v) is 8.88. The van der Waals surface area contributed by atoms with E-state index in [2.05, 4.69) is 26.2 Å². The topological polar surface area (TPSA) is 127 Å². The minimum atomic E-state index is -0.580. The van der Waals surface area contributed by atoms with Crippen molar-refractivity contribution >= 4 is 39.7 Å². The minimum Gasteiger partial charge on any atom is -0.381 e. The van der Waals surface area contributed by atoms with Crippen molar-refractivity contribution in [3.05, 3.63) is 40.7 Å². The van der Waals surface area contributed by atoms with Crippen molar-refractivity contribution in [1.82, 2.24) is 40.6 Å². The molecule has 1 aromatic carbocycles. The van der Waals surface area contributed by atoms with Crippen molar-refractivity contribution in [2.24, 2.45) is 5.92 Å². The Morgan fingerprint density at radius 2 is 2.00 bits per heavy atom. The smallest absolute Gasteiger partial charge is 0.246 e. The minimum absolute atomic E-state index is 0.0285. The van der Waals surface area contributed by atoms with Crippen molar-refractivity contribution in [3.63, 3.8) is 0 Å². The quantitative estimate of drug-likeness (QED) is 0.361. The van der Waals surface area contributed by atoms with E-state index in [1.807, 2.05) is 40.6 Å². The molecule has 0 aliphatic carbocycles. The third-order valence-electron chi connectivity index (χ3n) is 7.94. The Balaban J connectivity index is 1.30. The van der Waals surface area contributed by atoms with E-state index in [4.69, 9.17) is 9.72 Å². The Morgan fingerprint density at radius 3 is 2.82 bits per heavy atom.